The van der Waals surface area contributed by atoms with Gasteiger partial charge in [-0.2, -0.15) is 0 Å². The average molecular weight is 219 g/mol. The van der Waals surface area contributed by atoms with Crippen molar-refractivity contribution < 1.29 is 14.6 Å². The highest BCUT2D eigenvalue weighted by Crippen LogP contribution is 2.24. The summed E-state index contributed by atoms with van der Waals surface area (Å²) in [6.45, 7) is 6.15. The summed E-state index contributed by atoms with van der Waals surface area (Å²) in [6.07, 6.45) is -0.332. The highest BCUT2D eigenvalue weighted by molar-refractivity contribution is 8.00. The van der Waals surface area contributed by atoms with E-state index in [9.17, 15) is 4.79 Å². The predicted octanol–water partition coefficient (Wildman–Crippen LogP) is 1.29. The van der Waals surface area contributed by atoms with Gasteiger partial charge in [0.2, 0.25) is 0 Å². The molecule has 1 amide bonds. The smallest absolute Gasteiger partial charge is 0.411 e. The third kappa shape index (κ3) is 3.06. The molecule has 5 heteroatoms. The summed E-state index contributed by atoms with van der Waals surface area (Å²) in [5, 5.41) is 8.88. The van der Waals surface area contributed by atoms with Gasteiger partial charge < -0.3 is 9.84 Å². The van der Waals surface area contributed by atoms with E-state index in [1.165, 1.54) is 0 Å². The van der Waals surface area contributed by atoms with Crippen LogP contribution >= 0.6 is 11.8 Å². The first-order valence-electron chi connectivity index (χ1n) is 4.66. The Morgan fingerprint density at radius 1 is 1.64 bits per heavy atom. The molecular weight excluding hydrogens is 202 g/mol. The Morgan fingerprint density at radius 3 is 2.79 bits per heavy atom. The van der Waals surface area contributed by atoms with Gasteiger partial charge in [0, 0.05) is 12.3 Å². The fourth-order valence-electron chi connectivity index (χ4n) is 1.20. The van der Waals surface area contributed by atoms with Crippen molar-refractivity contribution >= 4 is 17.9 Å². The molecule has 0 aromatic rings. The lowest BCUT2D eigenvalue weighted by Crippen LogP contribution is -2.40. The molecule has 1 N–H and O–H groups in total. The van der Waals surface area contributed by atoms with Crippen LogP contribution in [0.15, 0.2) is 0 Å². The lowest BCUT2D eigenvalue weighted by molar-refractivity contribution is 0.0219. The second-order valence-corrected chi connectivity index (χ2v) is 5.47. The van der Waals surface area contributed by atoms with Crippen molar-refractivity contribution in [1.82, 2.24) is 4.90 Å². The fraction of sp³-hybridized carbons (Fsp3) is 0.889. The maximum Gasteiger partial charge on any atom is 0.411 e. The van der Waals surface area contributed by atoms with Crippen LogP contribution in [-0.2, 0) is 4.74 Å². The second kappa shape index (κ2) is 4.40. The Bertz CT molecular complexity index is 215. The van der Waals surface area contributed by atoms with Gasteiger partial charge in [-0.05, 0) is 20.8 Å². The van der Waals surface area contributed by atoms with Gasteiger partial charge >= 0.3 is 6.09 Å². The molecule has 1 aliphatic heterocycles. The molecule has 0 radical (unpaired) electrons. The van der Waals surface area contributed by atoms with Gasteiger partial charge in [-0.25, -0.2) is 4.79 Å². The molecule has 0 unspecified atom stereocenters. The number of amides is 1. The van der Waals surface area contributed by atoms with Crippen molar-refractivity contribution in [3.63, 3.8) is 0 Å². The lowest BCUT2D eigenvalue weighted by atomic mass is 10.2. The van der Waals surface area contributed by atoms with Crippen molar-refractivity contribution in [2.45, 2.75) is 31.7 Å². The Hall–Kier alpha value is -0.420. The molecule has 1 fully saturated rings. The molecule has 0 aliphatic carbocycles. The normalized spacial score (nSPS) is 22.6. The molecule has 14 heavy (non-hydrogen) atoms. The molecule has 1 rings (SSSR count). The molecule has 0 spiro atoms. The van der Waals surface area contributed by atoms with Crippen LogP contribution in [-0.4, -0.2) is 46.0 Å². The summed E-state index contributed by atoms with van der Waals surface area (Å²) in [5.74, 6) is 0.866. The van der Waals surface area contributed by atoms with E-state index in [4.69, 9.17) is 9.84 Å². The summed E-state index contributed by atoms with van der Waals surface area (Å²) in [7, 11) is 0. The van der Waals surface area contributed by atoms with E-state index in [0.717, 1.165) is 5.75 Å². The van der Waals surface area contributed by atoms with Crippen molar-refractivity contribution in [3.05, 3.63) is 0 Å². The zero-order valence-electron chi connectivity index (χ0n) is 8.82. The quantitative estimate of drug-likeness (QED) is 0.722. The first kappa shape index (κ1) is 11.7. The van der Waals surface area contributed by atoms with Crippen LogP contribution in [0.5, 0.6) is 0 Å². The van der Waals surface area contributed by atoms with E-state index in [1.807, 2.05) is 20.8 Å². The number of ether oxygens (including phenoxy) is 1. The molecule has 0 saturated carbocycles. The number of hydrogen-bond acceptors (Lipinski definition) is 4. The summed E-state index contributed by atoms with van der Waals surface area (Å²) >= 11 is 1.58. The van der Waals surface area contributed by atoms with Crippen molar-refractivity contribution in [2.75, 3.05) is 18.9 Å². The zero-order chi connectivity index (χ0) is 10.8. The van der Waals surface area contributed by atoms with Gasteiger partial charge in [-0.15, -0.1) is 11.8 Å². The first-order chi connectivity index (χ1) is 6.44. The maximum absolute atomic E-state index is 11.6. The monoisotopic (exact) mass is 219 g/mol. The van der Waals surface area contributed by atoms with E-state index < -0.39 is 5.60 Å². The number of aliphatic hydroxyl groups is 1. The molecule has 1 aliphatic rings. The number of thioether (sulfide) groups is 1. The zero-order valence-corrected chi connectivity index (χ0v) is 9.63. The van der Waals surface area contributed by atoms with Crippen LogP contribution in [0.1, 0.15) is 20.8 Å². The molecule has 1 atom stereocenters. The summed E-state index contributed by atoms with van der Waals surface area (Å²) in [6, 6.07) is 0. The molecular formula is C9H17NO3S. The Kier molecular flexibility index (Phi) is 3.66. The van der Waals surface area contributed by atoms with Crippen molar-refractivity contribution in [3.8, 4) is 0 Å². The van der Waals surface area contributed by atoms with Gasteiger partial charge in [0.05, 0.1) is 6.61 Å². The van der Waals surface area contributed by atoms with Gasteiger partial charge in [-0.3, -0.25) is 4.90 Å². The minimum absolute atomic E-state index is 0.0100. The number of aliphatic hydroxyl groups excluding tert-OH is 1. The number of carbonyl (C=O) groups excluding carboxylic acids is 1. The average Bonchev–Trinajstić information content (AvgIpc) is 2.47. The van der Waals surface area contributed by atoms with Gasteiger partial charge in [0.15, 0.2) is 0 Å². The van der Waals surface area contributed by atoms with Gasteiger partial charge in [0.1, 0.15) is 11.0 Å². The standard InChI is InChI=1S/C9H17NO3S/c1-9(2,3)13-8(12)10-4-5-14-7(10)6-11/h7,11H,4-6H2,1-3H3/t7-/m1/s1. The van der Waals surface area contributed by atoms with Gasteiger partial charge in [-0.1, -0.05) is 0 Å². The maximum atomic E-state index is 11.6. The van der Waals surface area contributed by atoms with E-state index >= 15 is 0 Å². The van der Waals surface area contributed by atoms with E-state index in [-0.39, 0.29) is 18.1 Å². The molecule has 0 aromatic heterocycles. The number of nitrogens with zero attached hydrogens (tertiary/aromatic N) is 1. The highest BCUT2D eigenvalue weighted by Gasteiger charge is 2.31. The lowest BCUT2D eigenvalue weighted by Gasteiger charge is -2.27. The highest BCUT2D eigenvalue weighted by atomic mass is 32.2. The van der Waals surface area contributed by atoms with Gasteiger partial charge in [0.25, 0.3) is 0 Å². The fourth-order valence-corrected chi connectivity index (χ4v) is 2.25. The van der Waals surface area contributed by atoms with E-state index in [0.29, 0.717) is 6.54 Å². The van der Waals surface area contributed by atoms with E-state index in [1.54, 1.807) is 16.7 Å². The Morgan fingerprint density at radius 2 is 2.29 bits per heavy atom. The minimum atomic E-state index is -0.468. The largest absolute Gasteiger partial charge is 0.444 e. The van der Waals surface area contributed by atoms with Crippen LogP contribution < -0.4 is 0 Å². The molecule has 0 aromatic carbocycles. The van der Waals surface area contributed by atoms with E-state index in [2.05, 4.69) is 0 Å². The molecule has 4 nitrogen and oxygen atoms in total. The molecule has 0 bridgehead atoms. The molecule has 82 valence electrons. The molecule has 1 saturated heterocycles. The summed E-state index contributed by atoms with van der Waals surface area (Å²) in [4.78, 5) is 13.2. The third-order valence-corrected chi connectivity index (χ3v) is 2.98. The molecule has 1 heterocycles. The van der Waals surface area contributed by atoms with Crippen molar-refractivity contribution in [2.24, 2.45) is 0 Å². The number of hydrogen-bond donors (Lipinski definition) is 1. The predicted molar refractivity (Wildman–Crippen MR) is 56.3 cm³/mol. The SMILES string of the molecule is CC(C)(C)OC(=O)N1CCS[C@@H]1CO. The van der Waals surface area contributed by atoms with Crippen molar-refractivity contribution in [1.29, 1.82) is 0 Å². The van der Waals surface area contributed by atoms with Crippen LogP contribution in [0.4, 0.5) is 4.79 Å². The number of rotatable bonds is 1. The van der Waals surface area contributed by atoms with Crippen LogP contribution in [0.2, 0.25) is 0 Å². The van der Waals surface area contributed by atoms with Crippen LogP contribution in [0.25, 0.3) is 0 Å². The topological polar surface area (TPSA) is 49.8 Å². The third-order valence-electron chi connectivity index (χ3n) is 1.77. The number of carbonyl (C=O) groups is 1. The second-order valence-electron chi connectivity index (χ2n) is 4.18. The van der Waals surface area contributed by atoms with Crippen LogP contribution in [0, 0.1) is 0 Å². The Balaban J connectivity index is 2.52. The van der Waals surface area contributed by atoms with Crippen LogP contribution in [0.3, 0.4) is 0 Å². The Labute approximate surface area is 88.6 Å². The summed E-state index contributed by atoms with van der Waals surface area (Å²) < 4.78 is 5.22. The first-order valence-corrected chi connectivity index (χ1v) is 5.71. The minimum Gasteiger partial charge on any atom is -0.444 e. The summed E-state index contributed by atoms with van der Waals surface area (Å²) in [5.41, 5.74) is -0.468.